The Morgan fingerprint density at radius 3 is 2.05 bits per heavy atom. The van der Waals surface area contributed by atoms with Gasteiger partial charge in [-0.05, 0) is 33.6 Å². The molecule has 0 aliphatic carbocycles. The molecule has 0 aromatic heterocycles. The third-order valence-corrected chi connectivity index (χ3v) is 2.45. The summed E-state index contributed by atoms with van der Waals surface area (Å²) in [7, 11) is 0. The minimum Gasteiger partial charge on any atom is -0.459 e. The molecule has 6 nitrogen and oxygen atoms in total. The molecule has 19 heavy (non-hydrogen) atoms. The highest BCUT2D eigenvalue weighted by atomic mass is 16.6. The number of carbonyl (C=O) groups is 3. The Balaban J connectivity index is 4.17. The zero-order chi connectivity index (χ0) is 15.1. The number of hydrogen-bond donors (Lipinski definition) is 2. The molecule has 0 radical (unpaired) electrons. The number of esters is 1. The van der Waals surface area contributed by atoms with E-state index in [9.17, 15) is 14.4 Å². The van der Waals surface area contributed by atoms with Crippen molar-refractivity contribution in [2.75, 3.05) is 0 Å². The molecule has 110 valence electrons. The fraction of sp³-hybridized carbons (Fsp3) is 0.769. The standard InChI is InChI=1S/C13H24N2O4/c1-13(2,3)19-12(18)9(11(15)17)7-5-4-6-8-10(14)16/h9H,4-8H2,1-3H3,(H2,14,16)(H2,15,17). The fourth-order valence-electron chi connectivity index (χ4n) is 1.57. The molecule has 0 aromatic rings. The second-order valence-corrected chi connectivity index (χ2v) is 5.55. The smallest absolute Gasteiger partial charge is 0.318 e. The molecule has 4 N–H and O–H groups in total. The Morgan fingerprint density at radius 2 is 1.63 bits per heavy atom. The third kappa shape index (κ3) is 9.04. The van der Waals surface area contributed by atoms with Crippen LogP contribution in [0, 0.1) is 5.92 Å². The summed E-state index contributed by atoms with van der Waals surface area (Å²) in [6.07, 6.45) is 2.64. The van der Waals surface area contributed by atoms with Crippen molar-refractivity contribution in [2.24, 2.45) is 17.4 Å². The van der Waals surface area contributed by atoms with E-state index in [1.165, 1.54) is 0 Å². The molecule has 6 heteroatoms. The number of ether oxygens (including phenoxy) is 1. The van der Waals surface area contributed by atoms with Gasteiger partial charge in [-0.3, -0.25) is 14.4 Å². The van der Waals surface area contributed by atoms with Gasteiger partial charge in [-0.15, -0.1) is 0 Å². The number of nitrogens with two attached hydrogens (primary N) is 2. The molecule has 0 heterocycles. The van der Waals surface area contributed by atoms with Crippen LogP contribution < -0.4 is 11.5 Å². The molecular weight excluding hydrogens is 248 g/mol. The predicted octanol–water partition coefficient (Wildman–Crippen LogP) is 0.865. The first kappa shape index (κ1) is 17.4. The van der Waals surface area contributed by atoms with Crippen molar-refractivity contribution in [2.45, 2.75) is 58.5 Å². The summed E-state index contributed by atoms with van der Waals surface area (Å²) in [5, 5.41) is 0. The monoisotopic (exact) mass is 272 g/mol. The fourth-order valence-corrected chi connectivity index (χ4v) is 1.57. The summed E-state index contributed by atoms with van der Waals surface area (Å²) >= 11 is 0. The molecule has 1 unspecified atom stereocenters. The summed E-state index contributed by atoms with van der Waals surface area (Å²) < 4.78 is 5.14. The van der Waals surface area contributed by atoms with Gasteiger partial charge >= 0.3 is 5.97 Å². The SMILES string of the molecule is CC(C)(C)OC(=O)C(CCCCCC(N)=O)C(N)=O. The van der Waals surface area contributed by atoms with E-state index in [-0.39, 0.29) is 5.91 Å². The maximum atomic E-state index is 11.8. The van der Waals surface area contributed by atoms with Crippen molar-refractivity contribution in [1.29, 1.82) is 0 Å². The van der Waals surface area contributed by atoms with E-state index in [1.54, 1.807) is 20.8 Å². The highest BCUT2D eigenvalue weighted by Gasteiger charge is 2.28. The Bertz CT molecular complexity index is 334. The Kier molecular flexibility index (Phi) is 7.11. The molecule has 0 bridgehead atoms. The number of carbonyl (C=O) groups excluding carboxylic acids is 3. The van der Waals surface area contributed by atoms with Crippen LogP contribution in [0.3, 0.4) is 0 Å². The van der Waals surface area contributed by atoms with Gasteiger partial charge in [0.15, 0.2) is 0 Å². The van der Waals surface area contributed by atoms with Crippen LogP contribution in [0.5, 0.6) is 0 Å². The predicted molar refractivity (Wildman–Crippen MR) is 70.8 cm³/mol. The molecule has 0 fully saturated rings. The van der Waals surface area contributed by atoms with Gasteiger partial charge in [0.05, 0.1) is 0 Å². The maximum absolute atomic E-state index is 11.8. The highest BCUT2D eigenvalue weighted by molar-refractivity contribution is 5.97. The van der Waals surface area contributed by atoms with Gasteiger partial charge in [0.25, 0.3) is 0 Å². The normalized spacial score (nSPS) is 12.8. The number of unbranched alkanes of at least 4 members (excludes halogenated alkanes) is 2. The van der Waals surface area contributed by atoms with Gasteiger partial charge in [0.2, 0.25) is 11.8 Å². The minimum atomic E-state index is -0.923. The molecule has 0 spiro atoms. The summed E-state index contributed by atoms with van der Waals surface area (Å²) in [5.74, 6) is -2.54. The largest absolute Gasteiger partial charge is 0.459 e. The van der Waals surface area contributed by atoms with Crippen LogP contribution in [-0.4, -0.2) is 23.4 Å². The van der Waals surface area contributed by atoms with E-state index < -0.39 is 23.4 Å². The molecule has 0 rings (SSSR count). The molecule has 2 amide bonds. The van der Waals surface area contributed by atoms with E-state index >= 15 is 0 Å². The summed E-state index contributed by atoms with van der Waals surface area (Å²) in [6, 6.07) is 0. The van der Waals surface area contributed by atoms with Crippen molar-refractivity contribution in [3.8, 4) is 0 Å². The van der Waals surface area contributed by atoms with Gasteiger partial charge in [-0.1, -0.05) is 12.8 Å². The van der Waals surface area contributed by atoms with Crippen molar-refractivity contribution >= 4 is 17.8 Å². The van der Waals surface area contributed by atoms with Gasteiger partial charge in [0.1, 0.15) is 11.5 Å². The number of hydrogen-bond acceptors (Lipinski definition) is 4. The molecule has 0 aliphatic heterocycles. The Morgan fingerprint density at radius 1 is 1.05 bits per heavy atom. The lowest BCUT2D eigenvalue weighted by molar-refractivity contribution is -0.162. The molecule has 0 aliphatic rings. The average molecular weight is 272 g/mol. The molecular formula is C13H24N2O4. The summed E-state index contributed by atoms with van der Waals surface area (Å²) in [4.78, 5) is 33.6. The van der Waals surface area contributed by atoms with Crippen molar-refractivity contribution in [3.05, 3.63) is 0 Å². The van der Waals surface area contributed by atoms with Crippen LogP contribution in [-0.2, 0) is 19.1 Å². The number of primary amides is 2. The lowest BCUT2D eigenvalue weighted by Gasteiger charge is -2.22. The highest BCUT2D eigenvalue weighted by Crippen LogP contribution is 2.16. The molecule has 0 aromatic carbocycles. The van der Waals surface area contributed by atoms with E-state index in [2.05, 4.69) is 0 Å². The van der Waals surface area contributed by atoms with Crippen LogP contribution in [0.25, 0.3) is 0 Å². The van der Waals surface area contributed by atoms with Gasteiger partial charge in [0, 0.05) is 6.42 Å². The lowest BCUT2D eigenvalue weighted by Crippen LogP contribution is -2.36. The Hall–Kier alpha value is -1.59. The van der Waals surface area contributed by atoms with E-state index in [0.29, 0.717) is 25.7 Å². The van der Waals surface area contributed by atoms with Crippen molar-refractivity contribution in [3.63, 3.8) is 0 Å². The summed E-state index contributed by atoms with van der Waals surface area (Å²) in [6.45, 7) is 5.20. The molecule has 1 atom stereocenters. The van der Waals surface area contributed by atoms with Crippen LogP contribution in [0.2, 0.25) is 0 Å². The minimum absolute atomic E-state index is 0.313. The average Bonchev–Trinajstić information content (AvgIpc) is 2.19. The maximum Gasteiger partial charge on any atom is 0.318 e. The molecule has 0 saturated carbocycles. The topological polar surface area (TPSA) is 112 Å². The van der Waals surface area contributed by atoms with Gasteiger partial charge in [-0.25, -0.2) is 0 Å². The van der Waals surface area contributed by atoms with Gasteiger partial charge < -0.3 is 16.2 Å². The van der Waals surface area contributed by atoms with E-state index in [0.717, 1.165) is 6.42 Å². The summed E-state index contributed by atoms with van der Waals surface area (Å²) in [5.41, 5.74) is 9.58. The first-order chi connectivity index (χ1) is 8.63. The second kappa shape index (κ2) is 7.76. The molecule has 0 saturated heterocycles. The third-order valence-electron chi connectivity index (χ3n) is 2.45. The van der Waals surface area contributed by atoms with Crippen molar-refractivity contribution < 1.29 is 19.1 Å². The second-order valence-electron chi connectivity index (χ2n) is 5.55. The van der Waals surface area contributed by atoms with Crippen molar-refractivity contribution in [1.82, 2.24) is 0 Å². The van der Waals surface area contributed by atoms with E-state index in [4.69, 9.17) is 16.2 Å². The quantitative estimate of drug-likeness (QED) is 0.387. The number of amides is 2. The van der Waals surface area contributed by atoms with Crippen LogP contribution in [0.1, 0.15) is 52.9 Å². The first-order valence-corrected chi connectivity index (χ1v) is 6.44. The van der Waals surface area contributed by atoms with Crippen LogP contribution >= 0.6 is 0 Å². The lowest BCUT2D eigenvalue weighted by atomic mass is 9.99. The number of rotatable bonds is 8. The van der Waals surface area contributed by atoms with Gasteiger partial charge in [-0.2, -0.15) is 0 Å². The Labute approximate surface area is 113 Å². The first-order valence-electron chi connectivity index (χ1n) is 6.44. The van der Waals surface area contributed by atoms with E-state index in [1.807, 2.05) is 0 Å². The van der Waals surface area contributed by atoms with Crippen LogP contribution in [0.15, 0.2) is 0 Å². The van der Waals surface area contributed by atoms with Crippen LogP contribution in [0.4, 0.5) is 0 Å². The zero-order valence-electron chi connectivity index (χ0n) is 11.9. The zero-order valence-corrected chi connectivity index (χ0v) is 11.9.